The lowest BCUT2D eigenvalue weighted by molar-refractivity contribution is -0.150. The number of amides is 2. The van der Waals surface area contributed by atoms with Gasteiger partial charge in [0.05, 0.1) is 0 Å². The molecule has 1 N–H and O–H groups in total. The van der Waals surface area contributed by atoms with Crippen LogP contribution in [0.5, 0.6) is 0 Å². The Balaban J connectivity index is 2.25. The maximum Gasteiger partial charge on any atom is 0.245 e. The third-order valence-corrected chi connectivity index (χ3v) is 3.86. The van der Waals surface area contributed by atoms with E-state index in [1.165, 1.54) is 0 Å². The Morgan fingerprint density at radius 3 is 2.67 bits per heavy atom. The van der Waals surface area contributed by atoms with Gasteiger partial charge in [0.2, 0.25) is 11.8 Å². The highest BCUT2D eigenvalue weighted by Crippen LogP contribution is 2.21. The van der Waals surface area contributed by atoms with Crippen LogP contribution in [0.4, 0.5) is 0 Å². The fraction of sp³-hybridized carbons (Fsp3) is 0.500. The fourth-order valence-corrected chi connectivity index (χ4v) is 2.83. The number of carbonyl (C=O) groups is 2. The predicted molar refractivity (Wildman–Crippen MR) is 82.8 cm³/mol. The van der Waals surface area contributed by atoms with E-state index in [1.807, 2.05) is 32.0 Å². The van der Waals surface area contributed by atoms with E-state index < -0.39 is 12.1 Å². The van der Waals surface area contributed by atoms with Crippen molar-refractivity contribution in [1.29, 1.82) is 0 Å². The van der Waals surface area contributed by atoms with Gasteiger partial charge in [-0.25, -0.2) is 0 Å². The molecular weight excluding hydrogens is 288 g/mol. The first-order valence-corrected chi connectivity index (χ1v) is 7.61. The SMILES string of the molecule is CC(C)CC1C(=O)NC(C)C(=O)N1Cc1cccc(Cl)c1. The third-order valence-electron chi connectivity index (χ3n) is 3.63. The Morgan fingerprint density at radius 2 is 2.05 bits per heavy atom. The van der Waals surface area contributed by atoms with Crippen molar-refractivity contribution in [2.45, 2.75) is 45.8 Å². The average molecular weight is 309 g/mol. The monoisotopic (exact) mass is 308 g/mol. The molecule has 2 amide bonds. The van der Waals surface area contributed by atoms with Crippen LogP contribution >= 0.6 is 11.6 Å². The lowest BCUT2D eigenvalue weighted by Gasteiger charge is -2.38. The summed E-state index contributed by atoms with van der Waals surface area (Å²) >= 11 is 5.99. The molecule has 0 aliphatic carbocycles. The molecule has 0 saturated carbocycles. The van der Waals surface area contributed by atoms with E-state index in [2.05, 4.69) is 5.32 Å². The quantitative estimate of drug-likeness (QED) is 0.929. The highest BCUT2D eigenvalue weighted by Gasteiger charge is 2.38. The number of hydrogen-bond donors (Lipinski definition) is 1. The van der Waals surface area contributed by atoms with E-state index in [-0.39, 0.29) is 11.8 Å². The lowest BCUT2D eigenvalue weighted by atomic mass is 9.97. The smallest absolute Gasteiger partial charge is 0.245 e. The predicted octanol–water partition coefficient (Wildman–Crippen LogP) is 2.60. The summed E-state index contributed by atoms with van der Waals surface area (Å²) in [5.41, 5.74) is 0.937. The van der Waals surface area contributed by atoms with Crippen molar-refractivity contribution in [3.8, 4) is 0 Å². The zero-order valence-corrected chi connectivity index (χ0v) is 13.4. The molecule has 0 spiro atoms. The molecule has 114 valence electrons. The van der Waals surface area contributed by atoms with E-state index in [1.54, 1.807) is 17.9 Å². The topological polar surface area (TPSA) is 49.4 Å². The van der Waals surface area contributed by atoms with Crippen LogP contribution in [0.2, 0.25) is 5.02 Å². The van der Waals surface area contributed by atoms with Gasteiger partial charge in [0.25, 0.3) is 0 Å². The molecule has 5 heteroatoms. The number of carbonyl (C=O) groups excluding carboxylic acids is 2. The Bertz CT molecular complexity index is 545. The van der Waals surface area contributed by atoms with Crippen LogP contribution in [-0.4, -0.2) is 28.8 Å². The fourth-order valence-electron chi connectivity index (χ4n) is 2.62. The Hall–Kier alpha value is -1.55. The molecule has 0 bridgehead atoms. The van der Waals surface area contributed by atoms with Gasteiger partial charge >= 0.3 is 0 Å². The molecule has 1 saturated heterocycles. The summed E-state index contributed by atoms with van der Waals surface area (Å²) in [6.07, 6.45) is 0.658. The summed E-state index contributed by atoms with van der Waals surface area (Å²) in [6, 6.07) is 6.52. The van der Waals surface area contributed by atoms with Crippen molar-refractivity contribution in [3.05, 3.63) is 34.9 Å². The number of hydrogen-bond acceptors (Lipinski definition) is 2. The molecule has 0 aromatic heterocycles. The molecule has 2 unspecified atom stereocenters. The van der Waals surface area contributed by atoms with Gasteiger partial charge in [-0.1, -0.05) is 37.6 Å². The van der Waals surface area contributed by atoms with Crippen LogP contribution in [-0.2, 0) is 16.1 Å². The summed E-state index contributed by atoms with van der Waals surface area (Å²) in [6.45, 7) is 6.23. The van der Waals surface area contributed by atoms with Gasteiger partial charge in [-0.3, -0.25) is 9.59 Å². The van der Waals surface area contributed by atoms with Crippen molar-refractivity contribution >= 4 is 23.4 Å². The molecule has 21 heavy (non-hydrogen) atoms. The summed E-state index contributed by atoms with van der Waals surface area (Å²) in [7, 11) is 0. The van der Waals surface area contributed by atoms with E-state index in [0.29, 0.717) is 23.9 Å². The highest BCUT2D eigenvalue weighted by molar-refractivity contribution is 6.30. The van der Waals surface area contributed by atoms with Crippen LogP contribution in [0, 0.1) is 5.92 Å². The number of piperazine rings is 1. The van der Waals surface area contributed by atoms with Gasteiger partial charge in [0.1, 0.15) is 12.1 Å². The summed E-state index contributed by atoms with van der Waals surface area (Å²) in [5.74, 6) is 0.224. The normalized spacial score (nSPS) is 22.6. The molecule has 4 nitrogen and oxygen atoms in total. The zero-order chi connectivity index (χ0) is 15.6. The molecule has 1 aromatic rings. The Kier molecular flexibility index (Phi) is 4.88. The largest absolute Gasteiger partial charge is 0.343 e. The molecule has 0 radical (unpaired) electrons. The molecule has 2 rings (SSSR count). The van der Waals surface area contributed by atoms with Crippen LogP contribution < -0.4 is 5.32 Å². The van der Waals surface area contributed by atoms with Crippen LogP contribution in [0.15, 0.2) is 24.3 Å². The second-order valence-electron chi connectivity index (χ2n) is 5.97. The molecule has 1 aliphatic heterocycles. The van der Waals surface area contributed by atoms with Crippen LogP contribution in [0.1, 0.15) is 32.8 Å². The second-order valence-corrected chi connectivity index (χ2v) is 6.41. The standard InChI is InChI=1S/C16H21ClN2O2/c1-10(2)7-14-15(20)18-11(3)16(21)19(14)9-12-5-4-6-13(17)8-12/h4-6,8,10-11,14H,7,9H2,1-3H3,(H,18,20). The minimum absolute atomic E-state index is 0.0415. The molecule has 1 aliphatic rings. The van der Waals surface area contributed by atoms with Gasteiger partial charge in [0.15, 0.2) is 0 Å². The number of halogens is 1. The van der Waals surface area contributed by atoms with E-state index >= 15 is 0 Å². The van der Waals surface area contributed by atoms with Crippen molar-refractivity contribution in [2.24, 2.45) is 5.92 Å². The number of nitrogens with zero attached hydrogens (tertiary/aromatic N) is 1. The molecular formula is C16H21ClN2O2. The van der Waals surface area contributed by atoms with Gasteiger partial charge in [-0.2, -0.15) is 0 Å². The van der Waals surface area contributed by atoms with Gasteiger partial charge < -0.3 is 10.2 Å². The van der Waals surface area contributed by atoms with Gasteiger partial charge in [-0.15, -0.1) is 0 Å². The van der Waals surface area contributed by atoms with E-state index in [9.17, 15) is 9.59 Å². The second kappa shape index (κ2) is 6.48. The van der Waals surface area contributed by atoms with E-state index in [4.69, 9.17) is 11.6 Å². The first-order chi connectivity index (χ1) is 9.88. The van der Waals surface area contributed by atoms with Gasteiger partial charge in [0, 0.05) is 11.6 Å². The van der Waals surface area contributed by atoms with E-state index in [0.717, 1.165) is 5.56 Å². The number of benzene rings is 1. The van der Waals surface area contributed by atoms with Crippen molar-refractivity contribution in [1.82, 2.24) is 10.2 Å². The van der Waals surface area contributed by atoms with Crippen LogP contribution in [0.3, 0.4) is 0 Å². The minimum atomic E-state index is -0.472. The van der Waals surface area contributed by atoms with Crippen molar-refractivity contribution in [3.63, 3.8) is 0 Å². The Morgan fingerprint density at radius 1 is 1.33 bits per heavy atom. The summed E-state index contributed by atoms with van der Waals surface area (Å²) in [4.78, 5) is 26.3. The van der Waals surface area contributed by atoms with Crippen molar-refractivity contribution in [2.75, 3.05) is 0 Å². The van der Waals surface area contributed by atoms with Gasteiger partial charge in [-0.05, 0) is 37.0 Å². The lowest BCUT2D eigenvalue weighted by Crippen LogP contribution is -2.62. The molecule has 1 heterocycles. The summed E-state index contributed by atoms with van der Waals surface area (Å²) in [5, 5.41) is 3.39. The summed E-state index contributed by atoms with van der Waals surface area (Å²) < 4.78 is 0. The highest BCUT2D eigenvalue weighted by atomic mass is 35.5. The number of nitrogens with one attached hydrogen (secondary N) is 1. The molecule has 2 atom stereocenters. The third kappa shape index (κ3) is 3.76. The maximum atomic E-state index is 12.4. The first-order valence-electron chi connectivity index (χ1n) is 7.23. The zero-order valence-electron chi connectivity index (χ0n) is 12.6. The van der Waals surface area contributed by atoms with Crippen molar-refractivity contribution < 1.29 is 9.59 Å². The molecule has 1 fully saturated rings. The molecule has 1 aromatic carbocycles. The Labute approximate surface area is 130 Å². The maximum absolute atomic E-state index is 12.4. The van der Waals surface area contributed by atoms with Crippen LogP contribution in [0.25, 0.3) is 0 Å². The first kappa shape index (κ1) is 15.8. The number of rotatable bonds is 4. The average Bonchev–Trinajstić information content (AvgIpc) is 2.40. The minimum Gasteiger partial charge on any atom is -0.343 e.